The molecule has 0 bridgehead atoms. The summed E-state index contributed by atoms with van der Waals surface area (Å²) in [7, 11) is 0. The summed E-state index contributed by atoms with van der Waals surface area (Å²) < 4.78 is 6.51. The molecule has 4 aliphatic rings. The van der Waals surface area contributed by atoms with Crippen LogP contribution < -0.4 is 4.74 Å². The van der Waals surface area contributed by atoms with Crippen LogP contribution in [0.4, 0.5) is 0 Å². The van der Waals surface area contributed by atoms with E-state index in [9.17, 15) is 0 Å². The first kappa shape index (κ1) is 27.7. The van der Waals surface area contributed by atoms with Crippen molar-refractivity contribution in [1.29, 1.82) is 0 Å². The van der Waals surface area contributed by atoms with Gasteiger partial charge in [-0.1, -0.05) is 134 Å². The molecule has 4 nitrogen and oxygen atoms in total. The fraction of sp³-hybridized carbons (Fsp3) is 0.140. The van der Waals surface area contributed by atoms with Crippen molar-refractivity contribution < 1.29 is 4.74 Å². The van der Waals surface area contributed by atoms with Gasteiger partial charge >= 0.3 is 0 Å². The molecule has 9 rings (SSSR count). The van der Waals surface area contributed by atoms with E-state index in [1.807, 2.05) is 24.3 Å². The third kappa shape index (κ3) is 4.88. The van der Waals surface area contributed by atoms with Gasteiger partial charge in [-0.3, -0.25) is 0 Å². The van der Waals surface area contributed by atoms with E-state index in [0.29, 0.717) is 23.4 Å². The molecule has 0 spiro atoms. The van der Waals surface area contributed by atoms with Crippen molar-refractivity contribution in [3.05, 3.63) is 185 Å². The van der Waals surface area contributed by atoms with Gasteiger partial charge in [-0.2, -0.15) is 0 Å². The average molecular weight is 608 g/mol. The van der Waals surface area contributed by atoms with Crippen LogP contribution in [-0.4, -0.2) is 21.1 Å². The molecule has 3 aliphatic carbocycles. The molecule has 0 saturated heterocycles. The maximum absolute atomic E-state index is 6.51. The number of fused-ring (bicyclic) bond motifs is 4. The summed E-state index contributed by atoms with van der Waals surface area (Å²) in [5.74, 6) is 3.24. The normalized spacial score (nSPS) is 20.9. The molecule has 0 fully saturated rings. The van der Waals surface area contributed by atoms with E-state index in [4.69, 9.17) is 19.7 Å². The molecule has 5 aromatic rings. The van der Waals surface area contributed by atoms with Crippen LogP contribution >= 0.6 is 0 Å². The van der Waals surface area contributed by atoms with Crippen LogP contribution in [0.3, 0.4) is 0 Å². The van der Waals surface area contributed by atoms with Crippen molar-refractivity contribution in [2.45, 2.75) is 37.2 Å². The Morgan fingerprint density at radius 1 is 0.596 bits per heavy atom. The van der Waals surface area contributed by atoms with Gasteiger partial charge in [-0.25, -0.2) is 15.0 Å². The van der Waals surface area contributed by atoms with Crippen molar-refractivity contribution in [3.8, 4) is 17.1 Å². The van der Waals surface area contributed by atoms with Gasteiger partial charge in [0.2, 0.25) is 0 Å². The summed E-state index contributed by atoms with van der Waals surface area (Å²) in [5, 5.41) is 0. The van der Waals surface area contributed by atoms with Crippen LogP contribution in [0.5, 0.6) is 5.75 Å². The maximum atomic E-state index is 6.51. The third-order valence-electron chi connectivity index (χ3n) is 9.74. The lowest BCUT2D eigenvalue weighted by molar-refractivity contribution is 0.271. The number of hydrogen-bond donors (Lipinski definition) is 0. The Kier molecular flexibility index (Phi) is 6.85. The van der Waals surface area contributed by atoms with Gasteiger partial charge in [0.25, 0.3) is 0 Å². The van der Waals surface area contributed by atoms with Crippen LogP contribution in [0.2, 0.25) is 0 Å². The van der Waals surface area contributed by atoms with Gasteiger partial charge in [0.1, 0.15) is 11.9 Å². The zero-order valence-electron chi connectivity index (χ0n) is 26.0. The van der Waals surface area contributed by atoms with Crippen molar-refractivity contribution >= 4 is 16.7 Å². The van der Waals surface area contributed by atoms with E-state index in [1.165, 1.54) is 16.7 Å². The Morgan fingerprint density at radius 3 is 2.11 bits per heavy atom. The average Bonchev–Trinajstić information content (AvgIpc) is 3.54. The molecule has 226 valence electrons. The van der Waals surface area contributed by atoms with Crippen molar-refractivity contribution in [1.82, 2.24) is 15.0 Å². The second kappa shape index (κ2) is 11.6. The summed E-state index contributed by atoms with van der Waals surface area (Å²) in [4.78, 5) is 15.8. The first-order valence-corrected chi connectivity index (χ1v) is 16.5. The monoisotopic (exact) mass is 607 g/mol. The third-order valence-corrected chi connectivity index (χ3v) is 9.74. The summed E-state index contributed by atoms with van der Waals surface area (Å²) in [6.07, 6.45) is 16.7. The standard InChI is InChI=1S/C43H33N3O/c1-4-14-28(15-5-1)31-24-25-35(34-21-11-10-20-33(31)34)42-44-41(30-18-8-3-9-19-30)45-43(46-42)40-32(29-16-6-2-7-17-29)26-27-38-39(40)36-22-12-13-23-37(36)47-38/h2-4,6-23,25-27,31,38-39H,1,5,24H2. The number of para-hydroxylation sites is 1. The van der Waals surface area contributed by atoms with Crippen molar-refractivity contribution in [3.63, 3.8) is 0 Å². The Labute approximate surface area is 275 Å². The summed E-state index contributed by atoms with van der Waals surface area (Å²) >= 11 is 0. The number of rotatable bonds is 5. The van der Waals surface area contributed by atoms with Crippen LogP contribution in [0.25, 0.3) is 28.1 Å². The summed E-state index contributed by atoms with van der Waals surface area (Å²) in [6.45, 7) is 0. The van der Waals surface area contributed by atoms with E-state index in [-0.39, 0.29) is 12.0 Å². The van der Waals surface area contributed by atoms with E-state index >= 15 is 0 Å². The van der Waals surface area contributed by atoms with Gasteiger partial charge in [-0.15, -0.1) is 0 Å². The molecule has 3 atom stereocenters. The number of hydrogen-bond acceptors (Lipinski definition) is 4. The highest BCUT2D eigenvalue weighted by atomic mass is 16.5. The largest absolute Gasteiger partial charge is 0.485 e. The van der Waals surface area contributed by atoms with Gasteiger partial charge < -0.3 is 4.74 Å². The Morgan fingerprint density at radius 2 is 1.30 bits per heavy atom. The van der Waals surface area contributed by atoms with E-state index in [1.54, 1.807) is 0 Å². The fourth-order valence-electron chi connectivity index (χ4n) is 7.56. The zero-order valence-corrected chi connectivity index (χ0v) is 26.0. The predicted octanol–water partition coefficient (Wildman–Crippen LogP) is 9.76. The second-order valence-electron chi connectivity index (χ2n) is 12.5. The van der Waals surface area contributed by atoms with Crippen molar-refractivity contribution in [2.24, 2.45) is 0 Å². The molecular formula is C43H33N3O. The molecule has 0 N–H and O–H groups in total. The van der Waals surface area contributed by atoms with E-state index in [2.05, 4.69) is 121 Å². The lowest BCUT2D eigenvalue weighted by atomic mass is 9.77. The second-order valence-corrected chi connectivity index (χ2v) is 12.5. The van der Waals surface area contributed by atoms with Crippen LogP contribution in [0.1, 0.15) is 65.0 Å². The molecule has 2 heterocycles. The number of ether oxygens (including phenoxy) is 1. The molecule has 0 amide bonds. The first-order chi connectivity index (χ1) is 23.3. The lowest BCUT2D eigenvalue weighted by Gasteiger charge is -2.28. The number of benzene rings is 4. The molecule has 4 aromatic carbocycles. The summed E-state index contributed by atoms with van der Waals surface area (Å²) in [5.41, 5.74) is 10.4. The topological polar surface area (TPSA) is 47.9 Å². The Hall–Kier alpha value is -5.61. The molecule has 0 saturated carbocycles. The fourth-order valence-corrected chi connectivity index (χ4v) is 7.56. The van der Waals surface area contributed by atoms with E-state index < -0.39 is 0 Å². The van der Waals surface area contributed by atoms with Gasteiger partial charge in [0, 0.05) is 28.2 Å². The molecule has 3 unspecified atom stereocenters. The van der Waals surface area contributed by atoms with Crippen molar-refractivity contribution in [2.75, 3.05) is 0 Å². The highest BCUT2D eigenvalue weighted by molar-refractivity contribution is 5.99. The van der Waals surface area contributed by atoms with Crippen LogP contribution in [0.15, 0.2) is 151 Å². The quantitative estimate of drug-likeness (QED) is 0.200. The zero-order chi connectivity index (χ0) is 31.2. The Bertz CT molecular complexity index is 2160. The summed E-state index contributed by atoms with van der Waals surface area (Å²) in [6, 6.07) is 38.0. The highest BCUT2D eigenvalue weighted by Crippen LogP contribution is 2.51. The van der Waals surface area contributed by atoms with Gasteiger partial charge in [0.05, 0.1) is 5.92 Å². The first-order valence-electron chi connectivity index (χ1n) is 16.5. The number of nitrogens with zero attached hydrogens (tertiary/aromatic N) is 3. The molecule has 1 aliphatic heterocycles. The van der Waals surface area contributed by atoms with Crippen LogP contribution in [0, 0.1) is 0 Å². The highest BCUT2D eigenvalue weighted by Gasteiger charge is 2.41. The maximum Gasteiger partial charge on any atom is 0.164 e. The minimum absolute atomic E-state index is 0.0488. The van der Waals surface area contributed by atoms with E-state index in [0.717, 1.165) is 58.4 Å². The minimum Gasteiger partial charge on any atom is -0.485 e. The minimum atomic E-state index is -0.137. The molecule has 1 aromatic heterocycles. The Balaban J connectivity index is 1.27. The molecule has 47 heavy (non-hydrogen) atoms. The lowest BCUT2D eigenvalue weighted by Crippen LogP contribution is -2.22. The molecular weight excluding hydrogens is 574 g/mol. The number of allylic oxidation sites excluding steroid dienone is 7. The smallest absolute Gasteiger partial charge is 0.164 e. The molecule has 0 radical (unpaired) electrons. The molecule has 4 heteroatoms. The van der Waals surface area contributed by atoms with Gasteiger partial charge in [-0.05, 0) is 59.2 Å². The van der Waals surface area contributed by atoms with Gasteiger partial charge in [0.15, 0.2) is 17.5 Å². The SMILES string of the molecule is C1=CC(C2CC=C(c3nc(C4=C(c5ccccc5)C=CC5Oc6ccccc6C45)nc(-c4ccccc4)n3)c3ccccc32)=CCC1. The number of aromatic nitrogens is 3. The predicted molar refractivity (Wildman–Crippen MR) is 189 cm³/mol. The van der Waals surface area contributed by atoms with Crippen LogP contribution in [-0.2, 0) is 0 Å².